The molecular formula is C27H19NO3. The van der Waals surface area contributed by atoms with Crippen LogP contribution in [0.5, 0.6) is 11.5 Å². The van der Waals surface area contributed by atoms with Crippen LogP contribution in [0.2, 0.25) is 0 Å². The molecule has 0 atom stereocenters. The van der Waals surface area contributed by atoms with Crippen LogP contribution in [0.15, 0.2) is 97.1 Å². The Balaban J connectivity index is 1.53. The van der Waals surface area contributed by atoms with Crippen LogP contribution in [0, 0.1) is 0 Å². The molecule has 2 aliphatic heterocycles. The van der Waals surface area contributed by atoms with Gasteiger partial charge in [0.2, 0.25) is 0 Å². The van der Waals surface area contributed by atoms with E-state index in [1.54, 1.807) is 0 Å². The zero-order valence-corrected chi connectivity index (χ0v) is 16.7. The van der Waals surface area contributed by atoms with E-state index in [0.717, 1.165) is 27.9 Å². The van der Waals surface area contributed by atoms with Gasteiger partial charge in [-0.05, 0) is 23.8 Å². The van der Waals surface area contributed by atoms with Gasteiger partial charge in [-0.25, -0.2) is 4.79 Å². The number of para-hydroxylation sites is 2. The van der Waals surface area contributed by atoms with Gasteiger partial charge in [0.05, 0.1) is 5.56 Å². The summed E-state index contributed by atoms with van der Waals surface area (Å²) in [4.78, 5) is 13.3. The number of fused-ring (bicyclic) bond motifs is 6. The van der Waals surface area contributed by atoms with Crippen LogP contribution in [-0.2, 0) is 16.9 Å². The summed E-state index contributed by atoms with van der Waals surface area (Å²) in [6, 6.07) is 31.5. The van der Waals surface area contributed by atoms with E-state index in [9.17, 15) is 4.79 Å². The minimum absolute atomic E-state index is 0.335. The van der Waals surface area contributed by atoms with E-state index >= 15 is 0 Å². The molecule has 6 rings (SSSR count). The Morgan fingerprint density at radius 1 is 0.677 bits per heavy atom. The Labute approximate surface area is 180 Å². The van der Waals surface area contributed by atoms with Gasteiger partial charge in [-0.3, -0.25) is 0 Å². The number of anilines is 1. The quantitative estimate of drug-likeness (QED) is 0.433. The summed E-state index contributed by atoms with van der Waals surface area (Å²) in [5, 5.41) is 3.43. The maximum atomic E-state index is 13.3. The first-order valence-electron chi connectivity index (χ1n) is 10.3. The molecule has 0 aromatic heterocycles. The zero-order valence-electron chi connectivity index (χ0n) is 16.7. The van der Waals surface area contributed by atoms with Crippen molar-refractivity contribution >= 4 is 11.7 Å². The van der Waals surface area contributed by atoms with Gasteiger partial charge in [0, 0.05) is 28.9 Å². The fourth-order valence-electron chi connectivity index (χ4n) is 4.61. The number of hydrogen-bond acceptors (Lipinski definition) is 4. The molecule has 4 aromatic rings. The smallest absolute Gasteiger partial charge is 0.342 e. The summed E-state index contributed by atoms with van der Waals surface area (Å²) in [5.41, 5.74) is 3.96. The summed E-state index contributed by atoms with van der Waals surface area (Å²) in [5.74, 6) is 1.06. The molecule has 0 saturated carbocycles. The van der Waals surface area contributed by atoms with Gasteiger partial charge in [-0.1, -0.05) is 78.9 Å². The summed E-state index contributed by atoms with van der Waals surface area (Å²) in [7, 11) is 0. The van der Waals surface area contributed by atoms with E-state index in [4.69, 9.17) is 9.47 Å². The second kappa shape index (κ2) is 6.74. The van der Waals surface area contributed by atoms with Crippen LogP contribution < -0.4 is 10.1 Å². The van der Waals surface area contributed by atoms with Gasteiger partial charge in [0.1, 0.15) is 11.5 Å². The number of nitrogens with one attached hydrogen (secondary N) is 1. The zero-order chi connectivity index (χ0) is 20.8. The van der Waals surface area contributed by atoms with Crippen LogP contribution in [-0.4, -0.2) is 5.97 Å². The van der Waals surface area contributed by atoms with E-state index in [2.05, 4.69) is 17.4 Å². The predicted octanol–water partition coefficient (Wildman–Crippen LogP) is 5.87. The van der Waals surface area contributed by atoms with E-state index in [-0.39, 0.29) is 5.97 Å². The van der Waals surface area contributed by atoms with Crippen molar-refractivity contribution in [3.05, 3.63) is 125 Å². The van der Waals surface area contributed by atoms with Crippen molar-refractivity contribution in [1.82, 2.24) is 0 Å². The summed E-state index contributed by atoms with van der Waals surface area (Å²) < 4.78 is 12.4. The topological polar surface area (TPSA) is 47.6 Å². The lowest BCUT2D eigenvalue weighted by atomic mass is 9.77. The molecule has 31 heavy (non-hydrogen) atoms. The molecular weight excluding hydrogens is 386 g/mol. The van der Waals surface area contributed by atoms with Crippen molar-refractivity contribution in [2.45, 2.75) is 12.1 Å². The van der Waals surface area contributed by atoms with Gasteiger partial charge in [-0.15, -0.1) is 0 Å². The first-order valence-corrected chi connectivity index (χ1v) is 10.3. The van der Waals surface area contributed by atoms with Crippen LogP contribution in [0.4, 0.5) is 5.69 Å². The fourth-order valence-corrected chi connectivity index (χ4v) is 4.61. The number of hydrogen-bond donors (Lipinski definition) is 1. The number of rotatable bonds is 3. The lowest BCUT2D eigenvalue weighted by Crippen LogP contribution is -2.32. The molecule has 4 aromatic carbocycles. The molecule has 150 valence electrons. The SMILES string of the molecule is O=C1OC2(c3ccccc3Oc3ccccc32)c2cccc(NCc3ccccc3)c21. The van der Waals surface area contributed by atoms with Crippen LogP contribution in [0.25, 0.3) is 0 Å². The second-order valence-electron chi connectivity index (χ2n) is 7.73. The van der Waals surface area contributed by atoms with Crippen LogP contribution in [0.1, 0.15) is 32.6 Å². The van der Waals surface area contributed by atoms with Crippen LogP contribution in [0.3, 0.4) is 0 Å². The maximum absolute atomic E-state index is 13.3. The van der Waals surface area contributed by atoms with Gasteiger partial charge in [0.25, 0.3) is 0 Å². The highest BCUT2D eigenvalue weighted by molar-refractivity contribution is 6.02. The Morgan fingerprint density at radius 2 is 1.29 bits per heavy atom. The Hall–Kier alpha value is -4.05. The summed E-state index contributed by atoms with van der Waals surface area (Å²) >= 11 is 0. The molecule has 0 saturated heterocycles. The van der Waals surface area contributed by atoms with Crippen molar-refractivity contribution in [2.24, 2.45) is 0 Å². The third-order valence-corrected chi connectivity index (χ3v) is 5.97. The van der Waals surface area contributed by atoms with Crippen molar-refractivity contribution in [3.63, 3.8) is 0 Å². The first kappa shape index (κ1) is 17.8. The molecule has 4 heteroatoms. The van der Waals surface area contributed by atoms with Gasteiger partial charge >= 0.3 is 5.97 Å². The van der Waals surface area contributed by atoms with E-state index < -0.39 is 5.60 Å². The fraction of sp³-hybridized carbons (Fsp3) is 0.0741. The molecule has 0 aliphatic carbocycles. The molecule has 0 fully saturated rings. The largest absolute Gasteiger partial charge is 0.456 e. The first-order chi connectivity index (χ1) is 15.3. The van der Waals surface area contributed by atoms with Crippen molar-refractivity contribution in [2.75, 3.05) is 5.32 Å². The van der Waals surface area contributed by atoms with Crippen molar-refractivity contribution in [1.29, 1.82) is 0 Å². The molecule has 1 spiro atoms. The number of benzene rings is 4. The van der Waals surface area contributed by atoms with Crippen molar-refractivity contribution < 1.29 is 14.3 Å². The van der Waals surface area contributed by atoms with Gasteiger partial charge < -0.3 is 14.8 Å². The molecule has 0 unspecified atom stereocenters. The predicted molar refractivity (Wildman–Crippen MR) is 118 cm³/mol. The highest BCUT2D eigenvalue weighted by atomic mass is 16.6. The molecule has 2 aliphatic rings. The van der Waals surface area contributed by atoms with Gasteiger partial charge in [-0.2, -0.15) is 0 Å². The highest BCUT2D eigenvalue weighted by Crippen LogP contribution is 2.56. The Kier molecular flexibility index (Phi) is 3.87. The molecule has 4 nitrogen and oxygen atoms in total. The second-order valence-corrected chi connectivity index (χ2v) is 7.73. The lowest BCUT2D eigenvalue weighted by Gasteiger charge is -2.36. The standard InChI is InChI=1S/C27H19NO3/c29-26-25-21(13-8-14-22(25)28-17-18-9-2-1-3-10-18)27(31-26)19-11-4-6-15-23(19)30-24-16-7-5-12-20(24)27/h1-16,28H,17H2. The van der Waals surface area contributed by atoms with E-state index in [1.165, 1.54) is 0 Å². The monoisotopic (exact) mass is 405 g/mol. The Bertz CT molecular complexity index is 1270. The maximum Gasteiger partial charge on any atom is 0.342 e. The number of ether oxygens (including phenoxy) is 2. The normalized spacial score (nSPS) is 14.8. The highest BCUT2D eigenvalue weighted by Gasteiger charge is 2.54. The van der Waals surface area contributed by atoms with E-state index in [0.29, 0.717) is 23.6 Å². The molecule has 2 heterocycles. The van der Waals surface area contributed by atoms with Gasteiger partial charge in [0.15, 0.2) is 5.60 Å². The van der Waals surface area contributed by atoms with Crippen LogP contribution >= 0.6 is 0 Å². The number of carbonyl (C=O) groups excluding carboxylic acids is 1. The van der Waals surface area contributed by atoms with Crippen molar-refractivity contribution in [3.8, 4) is 11.5 Å². The molecule has 0 bridgehead atoms. The molecule has 0 amide bonds. The average molecular weight is 405 g/mol. The summed E-state index contributed by atoms with van der Waals surface area (Å²) in [6.07, 6.45) is 0. The third-order valence-electron chi connectivity index (χ3n) is 5.97. The lowest BCUT2D eigenvalue weighted by molar-refractivity contribution is 0.0225. The van der Waals surface area contributed by atoms with E-state index in [1.807, 2.05) is 84.9 Å². The Morgan fingerprint density at radius 3 is 2.00 bits per heavy atom. The molecule has 1 N–H and O–H groups in total. The molecule has 0 radical (unpaired) electrons. The average Bonchev–Trinajstić information content (AvgIpc) is 3.12. The number of esters is 1. The number of carbonyl (C=O) groups is 1. The third kappa shape index (κ3) is 2.58. The minimum atomic E-state index is -1.03. The summed E-state index contributed by atoms with van der Waals surface area (Å²) in [6.45, 7) is 0.619. The minimum Gasteiger partial charge on any atom is -0.456 e.